The first-order chi connectivity index (χ1) is 6.25. The topological polar surface area (TPSA) is 29.0 Å². The van der Waals surface area contributed by atoms with Gasteiger partial charge in [-0.05, 0) is 19.9 Å². The summed E-state index contributed by atoms with van der Waals surface area (Å²) in [7, 11) is 0. The van der Waals surface area contributed by atoms with Crippen molar-refractivity contribution in [1.82, 2.24) is 9.97 Å². The number of rotatable bonds is 4. The molecule has 13 heavy (non-hydrogen) atoms. The van der Waals surface area contributed by atoms with Gasteiger partial charge in [0.15, 0.2) is 0 Å². The van der Waals surface area contributed by atoms with Crippen LogP contribution in [0.5, 0.6) is 0 Å². The van der Waals surface area contributed by atoms with Gasteiger partial charge in [0.25, 0.3) is 0 Å². The SMILES string of the molecule is CC(C)N(CCCl)c1ccncn1. The summed E-state index contributed by atoms with van der Waals surface area (Å²) in [5, 5.41) is 0. The minimum atomic E-state index is 0.411. The molecule has 0 saturated heterocycles. The molecule has 0 atom stereocenters. The normalized spacial score (nSPS) is 10.5. The van der Waals surface area contributed by atoms with Gasteiger partial charge in [-0.3, -0.25) is 0 Å². The third-order valence-electron chi connectivity index (χ3n) is 1.81. The zero-order valence-corrected chi connectivity index (χ0v) is 8.70. The Morgan fingerprint density at radius 2 is 2.31 bits per heavy atom. The Bertz CT molecular complexity index is 238. The molecule has 0 N–H and O–H groups in total. The number of alkyl halides is 1. The Hall–Kier alpha value is -0.830. The highest BCUT2D eigenvalue weighted by Gasteiger charge is 2.09. The summed E-state index contributed by atoms with van der Waals surface area (Å²) in [6.45, 7) is 5.06. The third kappa shape index (κ3) is 2.84. The average Bonchev–Trinajstić information content (AvgIpc) is 2.15. The highest BCUT2D eigenvalue weighted by atomic mass is 35.5. The van der Waals surface area contributed by atoms with Crippen LogP contribution in [0, 0.1) is 0 Å². The highest BCUT2D eigenvalue weighted by Crippen LogP contribution is 2.11. The molecule has 1 aromatic heterocycles. The molecule has 1 rings (SSSR count). The molecule has 72 valence electrons. The smallest absolute Gasteiger partial charge is 0.132 e. The molecule has 1 aromatic rings. The van der Waals surface area contributed by atoms with Crippen molar-refractivity contribution in [3.8, 4) is 0 Å². The fourth-order valence-corrected chi connectivity index (χ4v) is 1.36. The van der Waals surface area contributed by atoms with Crippen LogP contribution >= 0.6 is 11.6 Å². The molecule has 0 fully saturated rings. The van der Waals surface area contributed by atoms with E-state index in [9.17, 15) is 0 Å². The lowest BCUT2D eigenvalue weighted by Crippen LogP contribution is -2.33. The Balaban J connectivity index is 2.76. The van der Waals surface area contributed by atoms with Gasteiger partial charge >= 0.3 is 0 Å². The predicted molar refractivity (Wildman–Crippen MR) is 55.2 cm³/mol. The van der Waals surface area contributed by atoms with E-state index < -0.39 is 0 Å². The van der Waals surface area contributed by atoms with Gasteiger partial charge in [0.1, 0.15) is 12.1 Å². The zero-order valence-electron chi connectivity index (χ0n) is 7.94. The maximum absolute atomic E-state index is 5.71. The molecule has 0 bridgehead atoms. The summed E-state index contributed by atoms with van der Waals surface area (Å²) >= 11 is 5.71. The van der Waals surface area contributed by atoms with Gasteiger partial charge in [-0.25, -0.2) is 9.97 Å². The lowest BCUT2D eigenvalue weighted by atomic mass is 10.3. The first-order valence-electron chi connectivity index (χ1n) is 4.34. The van der Waals surface area contributed by atoms with Crippen molar-refractivity contribution in [2.24, 2.45) is 0 Å². The van der Waals surface area contributed by atoms with Crippen LogP contribution in [0.4, 0.5) is 5.82 Å². The number of halogens is 1. The second-order valence-electron chi connectivity index (χ2n) is 3.04. The number of aromatic nitrogens is 2. The highest BCUT2D eigenvalue weighted by molar-refractivity contribution is 6.18. The van der Waals surface area contributed by atoms with Crippen LogP contribution in [0.25, 0.3) is 0 Å². The van der Waals surface area contributed by atoms with E-state index in [0.29, 0.717) is 11.9 Å². The Labute approximate surface area is 83.8 Å². The van der Waals surface area contributed by atoms with Gasteiger partial charge in [0.05, 0.1) is 0 Å². The minimum Gasteiger partial charge on any atom is -0.353 e. The molecule has 4 heteroatoms. The molecule has 3 nitrogen and oxygen atoms in total. The first kappa shape index (κ1) is 10.3. The van der Waals surface area contributed by atoms with E-state index in [4.69, 9.17) is 11.6 Å². The van der Waals surface area contributed by atoms with Crippen molar-refractivity contribution in [3.05, 3.63) is 18.6 Å². The standard InChI is InChI=1S/C9H14ClN3/c1-8(2)13(6-4-10)9-3-5-11-7-12-9/h3,5,7-8H,4,6H2,1-2H3. The third-order valence-corrected chi connectivity index (χ3v) is 1.98. The van der Waals surface area contributed by atoms with Crippen LogP contribution in [-0.2, 0) is 0 Å². The van der Waals surface area contributed by atoms with E-state index in [1.807, 2.05) is 6.07 Å². The van der Waals surface area contributed by atoms with Crippen LogP contribution in [0.3, 0.4) is 0 Å². The Morgan fingerprint density at radius 3 is 2.77 bits per heavy atom. The molecule has 0 spiro atoms. The summed E-state index contributed by atoms with van der Waals surface area (Å²) in [6.07, 6.45) is 3.30. The van der Waals surface area contributed by atoms with Gasteiger partial charge in [0, 0.05) is 24.7 Å². The van der Waals surface area contributed by atoms with E-state index in [-0.39, 0.29) is 0 Å². The van der Waals surface area contributed by atoms with Crippen LogP contribution in [0.2, 0.25) is 0 Å². The summed E-state index contributed by atoms with van der Waals surface area (Å²) in [4.78, 5) is 10.2. The average molecular weight is 200 g/mol. The van der Waals surface area contributed by atoms with E-state index in [2.05, 4.69) is 28.7 Å². The van der Waals surface area contributed by atoms with E-state index in [0.717, 1.165) is 12.4 Å². The van der Waals surface area contributed by atoms with Crippen LogP contribution in [0.1, 0.15) is 13.8 Å². The van der Waals surface area contributed by atoms with Gasteiger partial charge in [0.2, 0.25) is 0 Å². The molecule has 0 radical (unpaired) electrons. The maximum Gasteiger partial charge on any atom is 0.132 e. The Kier molecular flexibility index (Phi) is 3.96. The molecule has 0 amide bonds. The second-order valence-corrected chi connectivity index (χ2v) is 3.42. The quantitative estimate of drug-likeness (QED) is 0.694. The summed E-state index contributed by atoms with van der Waals surface area (Å²) in [5.41, 5.74) is 0. The molecule has 1 heterocycles. The molecular weight excluding hydrogens is 186 g/mol. The molecule has 0 saturated carbocycles. The summed E-state index contributed by atoms with van der Waals surface area (Å²) < 4.78 is 0. The second kappa shape index (κ2) is 5.02. The van der Waals surface area contributed by atoms with Crippen LogP contribution in [0.15, 0.2) is 18.6 Å². The van der Waals surface area contributed by atoms with E-state index >= 15 is 0 Å². The molecule has 0 aliphatic heterocycles. The Morgan fingerprint density at radius 1 is 1.54 bits per heavy atom. The van der Waals surface area contributed by atoms with Crippen LogP contribution < -0.4 is 4.90 Å². The van der Waals surface area contributed by atoms with Gasteiger partial charge < -0.3 is 4.90 Å². The predicted octanol–water partition coefficient (Wildman–Crippen LogP) is 1.93. The molecule has 0 aromatic carbocycles. The monoisotopic (exact) mass is 199 g/mol. The number of hydrogen-bond acceptors (Lipinski definition) is 3. The fourth-order valence-electron chi connectivity index (χ4n) is 1.18. The lowest BCUT2D eigenvalue weighted by Gasteiger charge is -2.26. The minimum absolute atomic E-state index is 0.411. The van der Waals surface area contributed by atoms with Gasteiger partial charge in [-0.2, -0.15) is 0 Å². The van der Waals surface area contributed by atoms with Crippen molar-refractivity contribution >= 4 is 17.4 Å². The van der Waals surface area contributed by atoms with Crippen molar-refractivity contribution < 1.29 is 0 Å². The number of anilines is 1. The van der Waals surface area contributed by atoms with Crippen molar-refractivity contribution in [2.75, 3.05) is 17.3 Å². The molecule has 0 unspecified atom stereocenters. The van der Waals surface area contributed by atoms with E-state index in [1.165, 1.54) is 0 Å². The van der Waals surface area contributed by atoms with Crippen molar-refractivity contribution in [1.29, 1.82) is 0 Å². The van der Waals surface area contributed by atoms with Crippen molar-refractivity contribution in [3.63, 3.8) is 0 Å². The maximum atomic E-state index is 5.71. The number of hydrogen-bond donors (Lipinski definition) is 0. The first-order valence-corrected chi connectivity index (χ1v) is 4.87. The molecular formula is C9H14ClN3. The zero-order chi connectivity index (χ0) is 9.68. The van der Waals surface area contributed by atoms with Crippen molar-refractivity contribution in [2.45, 2.75) is 19.9 Å². The van der Waals surface area contributed by atoms with Gasteiger partial charge in [-0.1, -0.05) is 0 Å². The summed E-state index contributed by atoms with van der Waals surface area (Å²) in [6, 6.07) is 2.31. The van der Waals surface area contributed by atoms with Gasteiger partial charge in [-0.15, -0.1) is 11.6 Å². The van der Waals surface area contributed by atoms with Crippen LogP contribution in [-0.4, -0.2) is 28.4 Å². The molecule has 0 aliphatic rings. The fraction of sp³-hybridized carbons (Fsp3) is 0.556. The summed E-state index contributed by atoms with van der Waals surface area (Å²) in [5.74, 6) is 1.55. The lowest BCUT2D eigenvalue weighted by molar-refractivity contribution is 0.694. The molecule has 0 aliphatic carbocycles. The van der Waals surface area contributed by atoms with E-state index in [1.54, 1.807) is 12.5 Å². The number of nitrogens with zero attached hydrogens (tertiary/aromatic N) is 3. The largest absolute Gasteiger partial charge is 0.353 e.